The SMILES string of the molecule is O=C(CCNC(=O)c1ccc(S(=O)(=O)Nc2ccc(F)cc2)cc1)NCc1ccncc1. The minimum Gasteiger partial charge on any atom is -0.352 e. The molecule has 0 saturated carbocycles. The average molecular weight is 456 g/mol. The largest absolute Gasteiger partial charge is 0.352 e. The molecular formula is C22H21FN4O4S. The number of halogens is 1. The van der Waals surface area contributed by atoms with Crippen LogP contribution in [0.3, 0.4) is 0 Å². The first-order valence-electron chi connectivity index (χ1n) is 9.66. The van der Waals surface area contributed by atoms with Gasteiger partial charge in [0.05, 0.1) is 4.90 Å². The van der Waals surface area contributed by atoms with Gasteiger partial charge in [0.2, 0.25) is 5.91 Å². The maximum Gasteiger partial charge on any atom is 0.261 e. The summed E-state index contributed by atoms with van der Waals surface area (Å²) in [4.78, 5) is 28.0. The summed E-state index contributed by atoms with van der Waals surface area (Å²) in [5, 5.41) is 5.37. The van der Waals surface area contributed by atoms with Crippen LogP contribution in [0.25, 0.3) is 0 Å². The van der Waals surface area contributed by atoms with Crippen molar-refractivity contribution in [1.82, 2.24) is 15.6 Å². The Labute approximate surface area is 184 Å². The highest BCUT2D eigenvalue weighted by Crippen LogP contribution is 2.17. The minimum atomic E-state index is -3.89. The lowest BCUT2D eigenvalue weighted by Gasteiger charge is -2.09. The van der Waals surface area contributed by atoms with E-state index in [1.807, 2.05) is 0 Å². The lowest BCUT2D eigenvalue weighted by atomic mass is 10.2. The molecular weight excluding hydrogens is 435 g/mol. The van der Waals surface area contributed by atoms with Crippen LogP contribution in [0.15, 0.2) is 78.0 Å². The van der Waals surface area contributed by atoms with Crippen LogP contribution in [0, 0.1) is 5.82 Å². The molecule has 3 N–H and O–H groups in total. The monoisotopic (exact) mass is 456 g/mol. The number of nitrogens with zero attached hydrogens (tertiary/aromatic N) is 1. The van der Waals surface area contributed by atoms with Crippen molar-refractivity contribution < 1.29 is 22.4 Å². The summed E-state index contributed by atoms with van der Waals surface area (Å²) in [6.45, 7) is 0.504. The summed E-state index contributed by atoms with van der Waals surface area (Å²) in [6.07, 6.45) is 3.37. The Morgan fingerprint density at radius 3 is 2.19 bits per heavy atom. The molecule has 8 nitrogen and oxygen atoms in total. The highest BCUT2D eigenvalue weighted by atomic mass is 32.2. The van der Waals surface area contributed by atoms with Crippen LogP contribution in [0.2, 0.25) is 0 Å². The van der Waals surface area contributed by atoms with E-state index in [2.05, 4.69) is 20.3 Å². The number of benzene rings is 2. The summed E-state index contributed by atoms with van der Waals surface area (Å²) in [6, 6.07) is 13.8. The van der Waals surface area contributed by atoms with Gasteiger partial charge in [0.1, 0.15) is 5.82 Å². The molecule has 0 aliphatic carbocycles. The molecule has 2 amide bonds. The van der Waals surface area contributed by atoms with Gasteiger partial charge in [0.25, 0.3) is 15.9 Å². The highest BCUT2D eigenvalue weighted by molar-refractivity contribution is 7.92. The molecule has 0 saturated heterocycles. The minimum absolute atomic E-state index is 0.0473. The Balaban J connectivity index is 1.48. The Kier molecular flexibility index (Phi) is 7.50. The predicted octanol–water partition coefficient (Wildman–Crippen LogP) is 2.46. The normalized spacial score (nSPS) is 10.9. The van der Waals surface area contributed by atoms with E-state index in [-0.39, 0.29) is 35.0 Å². The van der Waals surface area contributed by atoms with Gasteiger partial charge >= 0.3 is 0 Å². The first-order valence-corrected chi connectivity index (χ1v) is 11.1. The number of carbonyl (C=O) groups excluding carboxylic acids is 2. The Bertz CT molecular complexity index is 1170. The van der Waals surface area contributed by atoms with Crippen molar-refractivity contribution in [3.05, 3.63) is 90.0 Å². The van der Waals surface area contributed by atoms with Gasteiger partial charge < -0.3 is 10.6 Å². The molecule has 0 aliphatic heterocycles. The summed E-state index contributed by atoms with van der Waals surface area (Å²) in [5.74, 6) is -1.12. The number of amides is 2. The number of hydrogen-bond donors (Lipinski definition) is 3. The number of pyridine rings is 1. The second kappa shape index (κ2) is 10.5. The van der Waals surface area contributed by atoms with E-state index in [0.717, 1.165) is 17.7 Å². The lowest BCUT2D eigenvalue weighted by Crippen LogP contribution is -2.30. The van der Waals surface area contributed by atoms with Crippen molar-refractivity contribution in [2.45, 2.75) is 17.9 Å². The zero-order valence-electron chi connectivity index (χ0n) is 16.9. The molecule has 3 rings (SSSR count). The second-order valence-corrected chi connectivity index (χ2v) is 8.46. The molecule has 0 fully saturated rings. The smallest absolute Gasteiger partial charge is 0.261 e. The van der Waals surface area contributed by atoms with Crippen molar-refractivity contribution in [1.29, 1.82) is 0 Å². The van der Waals surface area contributed by atoms with Crippen molar-refractivity contribution >= 4 is 27.5 Å². The van der Waals surface area contributed by atoms with Gasteiger partial charge in [-0.1, -0.05) is 0 Å². The standard InChI is InChI=1S/C22H21FN4O4S/c23-18-3-5-19(6-4-18)27-32(30,31)20-7-1-17(2-8-20)22(29)25-14-11-21(28)26-15-16-9-12-24-13-10-16/h1-10,12-13,27H,11,14-15H2,(H,25,29)(H,26,28). The van der Waals surface area contributed by atoms with Crippen LogP contribution in [-0.2, 0) is 21.4 Å². The molecule has 0 unspecified atom stereocenters. The number of sulfonamides is 1. The van der Waals surface area contributed by atoms with Gasteiger partial charge in [-0.05, 0) is 66.2 Å². The number of hydrogen-bond acceptors (Lipinski definition) is 5. The molecule has 166 valence electrons. The fraction of sp³-hybridized carbons (Fsp3) is 0.136. The van der Waals surface area contributed by atoms with E-state index in [9.17, 15) is 22.4 Å². The van der Waals surface area contributed by atoms with E-state index in [1.54, 1.807) is 24.5 Å². The average Bonchev–Trinajstić information content (AvgIpc) is 2.80. The number of carbonyl (C=O) groups is 2. The van der Waals surface area contributed by atoms with Crippen LogP contribution in [0.5, 0.6) is 0 Å². The van der Waals surface area contributed by atoms with Crippen molar-refractivity contribution in [3.63, 3.8) is 0 Å². The Morgan fingerprint density at radius 1 is 0.875 bits per heavy atom. The molecule has 10 heteroatoms. The molecule has 1 heterocycles. The van der Waals surface area contributed by atoms with Crippen molar-refractivity contribution in [3.8, 4) is 0 Å². The summed E-state index contributed by atoms with van der Waals surface area (Å²) >= 11 is 0. The van der Waals surface area contributed by atoms with Gasteiger partial charge in [0.15, 0.2) is 0 Å². The second-order valence-electron chi connectivity index (χ2n) is 6.77. The molecule has 0 bridgehead atoms. The molecule has 0 radical (unpaired) electrons. The third kappa shape index (κ3) is 6.61. The van der Waals surface area contributed by atoms with E-state index >= 15 is 0 Å². The van der Waals surface area contributed by atoms with E-state index in [1.165, 1.54) is 36.4 Å². The number of aromatic nitrogens is 1. The molecule has 0 atom stereocenters. The Hall–Kier alpha value is -3.79. The van der Waals surface area contributed by atoms with Gasteiger partial charge in [-0.15, -0.1) is 0 Å². The van der Waals surface area contributed by atoms with Gasteiger partial charge in [0, 0.05) is 43.2 Å². The van der Waals surface area contributed by atoms with Gasteiger partial charge in [-0.25, -0.2) is 12.8 Å². The zero-order valence-corrected chi connectivity index (χ0v) is 17.7. The summed E-state index contributed by atoms with van der Waals surface area (Å²) < 4.78 is 40.2. The molecule has 1 aromatic heterocycles. The van der Waals surface area contributed by atoms with Crippen LogP contribution in [0.1, 0.15) is 22.3 Å². The quantitative estimate of drug-likeness (QED) is 0.457. The molecule has 0 spiro atoms. The van der Waals surface area contributed by atoms with Crippen molar-refractivity contribution in [2.75, 3.05) is 11.3 Å². The predicted molar refractivity (Wildman–Crippen MR) is 117 cm³/mol. The fourth-order valence-electron chi connectivity index (χ4n) is 2.70. The molecule has 2 aromatic carbocycles. The van der Waals surface area contributed by atoms with E-state index in [0.29, 0.717) is 6.54 Å². The number of nitrogens with one attached hydrogen (secondary N) is 3. The molecule has 0 aliphatic rings. The third-order valence-corrected chi connectivity index (χ3v) is 5.80. The van der Waals surface area contributed by atoms with E-state index in [4.69, 9.17) is 0 Å². The van der Waals surface area contributed by atoms with Crippen LogP contribution in [0.4, 0.5) is 10.1 Å². The first kappa shape index (κ1) is 22.9. The number of rotatable bonds is 9. The summed E-state index contributed by atoms with van der Waals surface area (Å²) in [7, 11) is -3.89. The molecule has 32 heavy (non-hydrogen) atoms. The fourth-order valence-corrected chi connectivity index (χ4v) is 3.76. The van der Waals surface area contributed by atoms with Crippen molar-refractivity contribution in [2.24, 2.45) is 0 Å². The highest BCUT2D eigenvalue weighted by Gasteiger charge is 2.15. The number of anilines is 1. The third-order valence-electron chi connectivity index (χ3n) is 4.40. The van der Waals surface area contributed by atoms with Gasteiger partial charge in [-0.3, -0.25) is 19.3 Å². The summed E-state index contributed by atoms with van der Waals surface area (Å²) in [5.41, 5.74) is 1.39. The topological polar surface area (TPSA) is 117 Å². The van der Waals surface area contributed by atoms with E-state index < -0.39 is 21.7 Å². The van der Waals surface area contributed by atoms with Gasteiger partial charge in [-0.2, -0.15) is 0 Å². The maximum absolute atomic E-state index is 13.0. The first-order chi connectivity index (χ1) is 15.3. The molecule has 3 aromatic rings. The maximum atomic E-state index is 13.0. The lowest BCUT2D eigenvalue weighted by molar-refractivity contribution is -0.121. The van der Waals surface area contributed by atoms with Crippen LogP contribution in [-0.4, -0.2) is 31.8 Å². The van der Waals surface area contributed by atoms with Crippen LogP contribution >= 0.6 is 0 Å². The van der Waals surface area contributed by atoms with Crippen LogP contribution < -0.4 is 15.4 Å². The zero-order chi connectivity index (χ0) is 23.0. The Morgan fingerprint density at radius 2 is 1.53 bits per heavy atom.